The highest BCUT2D eigenvalue weighted by atomic mass is 79.9. The molecule has 0 fully saturated rings. The lowest BCUT2D eigenvalue weighted by atomic mass is 10.2. The lowest BCUT2D eigenvalue weighted by Gasteiger charge is -2.09. The third-order valence-corrected chi connectivity index (χ3v) is 5.14. The van der Waals surface area contributed by atoms with E-state index in [1.807, 2.05) is 77.4 Å². The fraction of sp³-hybridized carbons (Fsp3) is 0. The van der Waals surface area contributed by atoms with Gasteiger partial charge in [-0.2, -0.15) is 0 Å². The van der Waals surface area contributed by atoms with E-state index in [0.29, 0.717) is 16.3 Å². The predicted octanol–water partition coefficient (Wildman–Crippen LogP) is 6.05. The van der Waals surface area contributed by atoms with Crippen LogP contribution in [0.1, 0.15) is 0 Å². The zero-order chi connectivity index (χ0) is 18.4. The van der Waals surface area contributed by atoms with E-state index in [-0.39, 0.29) is 0 Å². The summed E-state index contributed by atoms with van der Waals surface area (Å²) in [6.45, 7) is 0. The molecule has 3 aromatic carbocycles. The molecule has 0 N–H and O–H groups in total. The van der Waals surface area contributed by atoms with E-state index in [1.54, 1.807) is 0 Å². The molecule has 0 aliphatic rings. The molecule has 0 aliphatic heterocycles. The molecule has 0 atom stereocenters. The molecule has 0 spiro atoms. The van der Waals surface area contributed by atoms with Gasteiger partial charge in [-0.3, -0.25) is 4.57 Å². The van der Waals surface area contributed by atoms with Gasteiger partial charge < -0.3 is 0 Å². The number of benzene rings is 3. The average Bonchev–Trinajstić information content (AvgIpc) is 3.05. The number of imidazole rings is 1. The van der Waals surface area contributed by atoms with Crippen LogP contribution >= 0.6 is 27.5 Å². The summed E-state index contributed by atoms with van der Waals surface area (Å²) in [7, 11) is 0. The van der Waals surface area contributed by atoms with Gasteiger partial charge in [0.15, 0.2) is 11.3 Å². The van der Waals surface area contributed by atoms with Gasteiger partial charge in [-0.1, -0.05) is 51.8 Å². The monoisotopic (exact) mass is 434 g/mol. The van der Waals surface area contributed by atoms with E-state index in [9.17, 15) is 0 Å². The third kappa shape index (κ3) is 2.89. The van der Waals surface area contributed by atoms with Crippen LogP contribution in [0, 0.1) is 0 Å². The lowest BCUT2D eigenvalue weighted by Crippen LogP contribution is -1.99. The first-order valence-electron chi connectivity index (χ1n) is 8.36. The molecule has 4 nitrogen and oxygen atoms in total. The average molecular weight is 436 g/mol. The van der Waals surface area contributed by atoms with Crippen molar-refractivity contribution in [3.63, 3.8) is 0 Å². The van der Waals surface area contributed by atoms with Gasteiger partial charge >= 0.3 is 0 Å². The Hall–Kier alpha value is -2.76. The van der Waals surface area contributed by atoms with Crippen molar-refractivity contribution < 1.29 is 0 Å². The quantitative estimate of drug-likeness (QED) is 0.339. The summed E-state index contributed by atoms with van der Waals surface area (Å²) < 4.78 is 3.04. The van der Waals surface area contributed by atoms with Gasteiger partial charge in [0, 0.05) is 20.7 Å². The van der Waals surface area contributed by atoms with Crippen LogP contribution in [0.25, 0.3) is 39.4 Å². The first kappa shape index (κ1) is 16.4. The van der Waals surface area contributed by atoms with Crippen LogP contribution < -0.4 is 0 Å². The number of halogens is 2. The molecule has 5 aromatic rings. The Kier molecular flexibility index (Phi) is 3.92. The molecule has 6 heteroatoms. The molecule has 0 saturated carbocycles. The second kappa shape index (κ2) is 6.44. The maximum atomic E-state index is 6.09. The van der Waals surface area contributed by atoms with Crippen LogP contribution in [0.15, 0.2) is 77.3 Å². The molecular formula is C21H12BrClN4. The van der Waals surface area contributed by atoms with Gasteiger partial charge in [0.05, 0.1) is 11.0 Å². The van der Waals surface area contributed by atoms with E-state index in [4.69, 9.17) is 26.6 Å². The highest BCUT2D eigenvalue weighted by Crippen LogP contribution is 2.29. The number of hydrogen-bond donors (Lipinski definition) is 0. The molecular weight excluding hydrogens is 424 g/mol. The number of rotatable bonds is 2. The molecule has 0 amide bonds. The number of aromatic nitrogens is 4. The van der Waals surface area contributed by atoms with Gasteiger partial charge in [-0.15, -0.1) is 0 Å². The topological polar surface area (TPSA) is 43.6 Å². The standard InChI is InChI=1S/C21H12BrClN4/c22-14-7-5-13(6-8-14)20-26-19-21(25-18-4-2-1-3-17(18)24-19)27(20)16-11-9-15(23)10-12-16/h1-12H. The summed E-state index contributed by atoms with van der Waals surface area (Å²) in [5.74, 6) is 0.787. The number of hydrogen-bond acceptors (Lipinski definition) is 3. The van der Waals surface area contributed by atoms with Crippen molar-refractivity contribution in [3.05, 3.63) is 82.3 Å². The fourth-order valence-electron chi connectivity index (χ4n) is 3.08. The summed E-state index contributed by atoms with van der Waals surface area (Å²) in [4.78, 5) is 14.4. The Balaban J connectivity index is 1.86. The molecule has 0 radical (unpaired) electrons. The van der Waals surface area contributed by atoms with Crippen LogP contribution in [0.4, 0.5) is 0 Å². The van der Waals surface area contributed by atoms with Crippen LogP contribution in [0.5, 0.6) is 0 Å². The van der Waals surface area contributed by atoms with Crippen molar-refractivity contribution in [2.24, 2.45) is 0 Å². The molecule has 2 heterocycles. The lowest BCUT2D eigenvalue weighted by molar-refractivity contribution is 1.08. The van der Waals surface area contributed by atoms with E-state index >= 15 is 0 Å². The Morgan fingerprint density at radius 3 is 2.11 bits per heavy atom. The van der Waals surface area contributed by atoms with Gasteiger partial charge in [0.2, 0.25) is 0 Å². The highest BCUT2D eigenvalue weighted by Gasteiger charge is 2.17. The molecule has 0 aliphatic carbocycles. The molecule has 5 rings (SSSR count). The normalized spacial score (nSPS) is 11.3. The van der Waals surface area contributed by atoms with Crippen LogP contribution in [-0.4, -0.2) is 19.5 Å². The number of fused-ring (bicyclic) bond motifs is 2. The largest absolute Gasteiger partial charge is 0.275 e. The minimum Gasteiger partial charge on any atom is -0.275 e. The molecule has 130 valence electrons. The molecule has 0 bridgehead atoms. The Morgan fingerprint density at radius 1 is 0.741 bits per heavy atom. The van der Waals surface area contributed by atoms with E-state index in [2.05, 4.69) is 15.9 Å². The molecule has 0 unspecified atom stereocenters. The second-order valence-corrected chi connectivity index (χ2v) is 7.47. The summed E-state index contributed by atoms with van der Waals surface area (Å²) in [6.07, 6.45) is 0. The van der Waals surface area contributed by atoms with Gasteiger partial charge in [0.25, 0.3) is 0 Å². The SMILES string of the molecule is Clc1ccc(-n2c(-c3ccc(Br)cc3)nc3nc4ccccc4nc32)cc1. The van der Waals surface area contributed by atoms with Crippen LogP contribution in [-0.2, 0) is 0 Å². The van der Waals surface area contributed by atoms with Crippen molar-refractivity contribution in [2.45, 2.75) is 0 Å². The minimum absolute atomic E-state index is 0.613. The smallest absolute Gasteiger partial charge is 0.199 e. The highest BCUT2D eigenvalue weighted by molar-refractivity contribution is 9.10. The number of para-hydroxylation sites is 2. The number of nitrogens with zero attached hydrogens (tertiary/aromatic N) is 4. The second-order valence-electron chi connectivity index (χ2n) is 6.11. The van der Waals surface area contributed by atoms with Gasteiger partial charge in [-0.05, 0) is 48.5 Å². The minimum atomic E-state index is 0.613. The van der Waals surface area contributed by atoms with E-state index in [1.165, 1.54) is 0 Å². The summed E-state index contributed by atoms with van der Waals surface area (Å²) in [6, 6.07) is 23.5. The van der Waals surface area contributed by atoms with Gasteiger partial charge in [0.1, 0.15) is 5.82 Å². The molecule has 2 aromatic heterocycles. The zero-order valence-corrected chi connectivity index (χ0v) is 16.3. The zero-order valence-electron chi connectivity index (χ0n) is 14.0. The van der Waals surface area contributed by atoms with E-state index < -0.39 is 0 Å². The summed E-state index contributed by atoms with van der Waals surface area (Å²) in [5, 5.41) is 0.685. The molecule has 0 saturated heterocycles. The van der Waals surface area contributed by atoms with Crippen molar-refractivity contribution in [3.8, 4) is 17.1 Å². The predicted molar refractivity (Wildman–Crippen MR) is 112 cm³/mol. The molecule has 27 heavy (non-hydrogen) atoms. The third-order valence-electron chi connectivity index (χ3n) is 4.36. The summed E-state index contributed by atoms with van der Waals surface area (Å²) >= 11 is 9.57. The maximum Gasteiger partial charge on any atom is 0.199 e. The van der Waals surface area contributed by atoms with E-state index in [0.717, 1.165) is 32.6 Å². The fourth-order valence-corrected chi connectivity index (χ4v) is 3.47. The van der Waals surface area contributed by atoms with Crippen molar-refractivity contribution in [1.82, 2.24) is 19.5 Å². The van der Waals surface area contributed by atoms with Crippen molar-refractivity contribution >= 4 is 49.9 Å². The first-order valence-corrected chi connectivity index (χ1v) is 9.53. The van der Waals surface area contributed by atoms with Gasteiger partial charge in [-0.25, -0.2) is 15.0 Å². The maximum absolute atomic E-state index is 6.09. The van der Waals surface area contributed by atoms with Crippen LogP contribution in [0.2, 0.25) is 5.02 Å². The van der Waals surface area contributed by atoms with Crippen LogP contribution in [0.3, 0.4) is 0 Å². The Bertz CT molecular complexity index is 1280. The Morgan fingerprint density at radius 2 is 1.41 bits per heavy atom. The summed E-state index contributed by atoms with van der Waals surface area (Å²) in [5.41, 5.74) is 4.91. The Labute approximate surface area is 168 Å². The van der Waals surface area contributed by atoms with Crippen molar-refractivity contribution in [2.75, 3.05) is 0 Å². The first-order chi connectivity index (χ1) is 13.2. The van der Waals surface area contributed by atoms with Crippen molar-refractivity contribution in [1.29, 1.82) is 0 Å².